The Morgan fingerprint density at radius 1 is 0.818 bits per heavy atom. The van der Waals surface area contributed by atoms with E-state index in [4.69, 9.17) is 9.97 Å². The number of hydrogen-bond acceptors (Lipinski definition) is 7. The number of hydrogen-bond donors (Lipinski definition) is 0. The Hall–Kier alpha value is -4.22. The smallest absolute Gasteiger partial charge is 0.243 e. The number of aryl methyl sites for hydroxylation is 1. The Morgan fingerprint density at radius 3 is 2.23 bits per heavy atom. The van der Waals surface area contributed by atoms with Gasteiger partial charge in [-0.2, -0.15) is 4.31 Å². The fraction of sp³-hybridized carbons (Fsp3) is 0.303. The molecular formula is C33H33F2N5O3S. The fourth-order valence-corrected chi connectivity index (χ4v) is 7.55. The zero-order chi connectivity index (χ0) is 30.7. The number of carbonyl (C=O) groups is 1. The number of ketones is 1. The minimum absolute atomic E-state index is 0.0263. The zero-order valence-corrected chi connectivity index (χ0v) is 25.0. The number of benzene rings is 3. The Balaban J connectivity index is 1.19. The molecule has 1 atom stereocenters. The van der Waals surface area contributed by atoms with Crippen LogP contribution in [0.3, 0.4) is 0 Å². The summed E-state index contributed by atoms with van der Waals surface area (Å²) in [6, 6.07) is 22.3. The summed E-state index contributed by atoms with van der Waals surface area (Å²) in [5.74, 6) is -0.401. The molecule has 0 spiro atoms. The molecule has 0 bridgehead atoms. The summed E-state index contributed by atoms with van der Waals surface area (Å²) in [7, 11) is -3.94. The highest BCUT2D eigenvalue weighted by Gasteiger charge is 2.39. The fourth-order valence-electron chi connectivity index (χ4n) is 5.87. The molecule has 2 saturated heterocycles. The van der Waals surface area contributed by atoms with Crippen molar-refractivity contribution in [2.75, 3.05) is 42.5 Å². The lowest BCUT2D eigenvalue weighted by atomic mass is 10.0. The Kier molecular flexibility index (Phi) is 8.67. The maximum atomic E-state index is 14.4. The molecule has 228 valence electrons. The number of rotatable bonds is 9. The van der Waals surface area contributed by atoms with Crippen LogP contribution in [0.15, 0.2) is 89.8 Å². The second-order valence-corrected chi connectivity index (χ2v) is 12.9. The molecule has 0 aliphatic carbocycles. The summed E-state index contributed by atoms with van der Waals surface area (Å²) in [6.07, 6.45) is 1.46. The van der Waals surface area contributed by atoms with Crippen LogP contribution in [-0.4, -0.2) is 67.2 Å². The van der Waals surface area contributed by atoms with Gasteiger partial charge in [-0.15, -0.1) is 0 Å². The molecule has 0 radical (unpaired) electrons. The number of sulfonamides is 1. The average molecular weight is 618 g/mol. The summed E-state index contributed by atoms with van der Waals surface area (Å²) in [6.45, 7) is 2.65. The summed E-state index contributed by atoms with van der Waals surface area (Å²) in [5.41, 5.74) is 2.91. The Morgan fingerprint density at radius 2 is 1.50 bits per heavy atom. The van der Waals surface area contributed by atoms with Crippen LogP contribution in [0, 0.1) is 11.6 Å². The van der Waals surface area contributed by atoms with Gasteiger partial charge >= 0.3 is 0 Å². The van der Waals surface area contributed by atoms with Crippen molar-refractivity contribution in [1.82, 2.24) is 14.3 Å². The van der Waals surface area contributed by atoms with Crippen molar-refractivity contribution in [2.45, 2.75) is 36.6 Å². The molecule has 4 aromatic rings. The molecule has 1 aromatic heterocycles. The highest BCUT2D eigenvalue weighted by atomic mass is 32.2. The van der Waals surface area contributed by atoms with Gasteiger partial charge in [-0.1, -0.05) is 42.5 Å². The summed E-state index contributed by atoms with van der Waals surface area (Å²) in [4.78, 5) is 27.2. The first-order valence-corrected chi connectivity index (χ1v) is 16.2. The minimum atomic E-state index is -3.94. The lowest BCUT2D eigenvalue weighted by Gasteiger charge is -2.36. The number of halogens is 2. The molecule has 0 amide bonds. The van der Waals surface area contributed by atoms with Gasteiger partial charge < -0.3 is 9.80 Å². The van der Waals surface area contributed by atoms with E-state index in [1.165, 1.54) is 22.5 Å². The van der Waals surface area contributed by atoms with Crippen molar-refractivity contribution >= 4 is 27.4 Å². The van der Waals surface area contributed by atoms with Gasteiger partial charge in [0.25, 0.3) is 0 Å². The highest BCUT2D eigenvalue weighted by molar-refractivity contribution is 7.89. The van der Waals surface area contributed by atoms with Crippen molar-refractivity contribution in [2.24, 2.45) is 0 Å². The number of piperazine rings is 1. The molecule has 6 rings (SSSR count). The van der Waals surface area contributed by atoms with Gasteiger partial charge in [0.05, 0.1) is 22.3 Å². The third-order valence-corrected chi connectivity index (χ3v) is 10.1. The zero-order valence-electron chi connectivity index (χ0n) is 24.1. The van der Waals surface area contributed by atoms with Crippen LogP contribution in [0.2, 0.25) is 0 Å². The molecule has 2 aliphatic heterocycles. The van der Waals surface area contributed by atoms with Crippen molar-refractivity contribution in [3.63, 3.8) is 0 Å². The van der Waals surface area contributed by atoms with Gasteiger partial charge in [-0.05, 0) is 61.7 Å². The number of Topliss-reactive ketones (excluding diaryl/α,β-unsaturated/α-hetero) is 1. The van der Waals surface area contributed by atoms with Gasteiger partial charge in [0.2, 0.25) is 16.0 Å². The Bertz CT molecular complexity index is 1730. The summed E-state index contributed by atoms with van der Waals surface area (Å²) < 4.78 is 55.6. The average Bonchev–Trinajstić information content (AvgIpc) is 3.56. The number of carbonyl (C=O) groups excluding carboxylic acids is 1. The number of para-hydroxylation sites is 1. The molecule has 0 saturated carbocycles. The largest absolute Gasteiger partial charge is 0.366 e. The first kappa shape index (κ1) is 29.8. The van der Waals surface area contributed by atoms with Crippen LogP contribution < -0.4 is 9.80 Å². The van der Waals surface area contributed by atoms with E-state index in [0.717, 1.165) is 23.4 Å². The van der Waals surface area contributed by atoms with E-state index in [1.54, 1.807) is 12.1 Å². The molecule has 8 nitrogen and oxygen atoms in total. The summed E-state index contributed by atoms with van der Waals surface area (Å²) in [5, 5.41) is 0. The highest BCUT2D eigenvalue weighted by Crippen LogP contribution is 2.29. The molecular weight excluding hydrogens is 584 g/mol. The van der Waals surface area contributed by atoms with Crippen LogP contribution in [0.5, 0.6) is 0 Å². The molecule has 0 unspecified atom stereocenters. The van der Waals surface area contributed by atoms with Crippen molar-refractivity contribution in [1.29, 1.82) is 0 Å². The summed E-state index contributed by atoms with van der Waals surface area (Å²) >= 11 is 0. The van der Waals surface area contributed by atoms with Crippen LogP contribution in [0.1, 0.15) is 25.0 Å². The van der Waals surface area contributed by atoms with Crippen molar-refractivity contribution in [3.05, 3.63) is 102 Å². The van der Waals surface area contributed by atoms with Crippen LogP contribution in [0.4, 0.5) is 20.4 Å². The van der Waals surface area contributed by atoms with E-state index in [2.05, 4.69) is 4.90 Å². The van der Waals surface area contributed by atoms with E-state index >= 15 is 0 Å². The van der Waals surface area contributed by atoms with Crippen molar-refractivity contribution in [3.8, 4) is 11.3 Å². The quantitative estimate of drug-likeness (QED) is 0.258. The maximum Gasteiger partial charge on any atom is 0.243 e. The molecule has 11 heteroatoms. The molecule has 2 fully saturated rings. The van der Waals surface area contributed by atoms with Gasteiger partial charge in [0.15, 0.2) is 5.78 Å². The molecule has 3 aromatic carbocycles. The lowest BCUT2D eigenvalue weighted by molar-refractivity contribution is -0.122. The van der Waals surface area contributed by atoms with Crippen LogP contribution in [-0.2, 0) is 21.2 Å². The van der Waals surface area contributed by atoms with E-state index in [0.29, 0.717) is 62.8 Å². The Labute approximate surface area is 256 Å². The SMILES string of the molecule is O=C(CCc1cc(-c2ccccc2)nc(N2CCN(c3ccccc3F)CC2)n1)[C@@H]1CCCN1S(=O)(=O)c1ccc(F)cc1. The monoisotopic (exact) mass is 617 g/mol. The first-order chi connectivity index (χ1) is 21.3. The third-order valence-electron chi connectivity index (χ3n) is 8.22. The standard InChI is InChI=1S/C33H33F2N5O3S/c34-25-12-15-27(16-13-25)44(42,43)40-18-6-11-31(40)32(41)17-14-26-23-29(24-7-2-1-3-8-24)37-33(36-26)39-21-19-38(20-22-39)30-10-5-4-9-28(30)35/h1-5,7-10,12-13,15-16,23,31H,6,11,14,17-22H2/t31-/m0/s1. The van der Waals surface area contributed by atoms with Gasteiger partial charge in [0.1, 0.15) is 11.6 Å². The second kappa shape index (κ2) is 12.8. The third kappa shape index (κ3) is 6.34. The van der Waals surface area contributed by atoms with Crippen LogP contribution in [0.25, 0.3) is 11.3 Å². The molecule has 0 N–H and O–H groups in total. The predicted octanol–water partition coefficient (Wildman–Crippen LogP) is 5.10. The normalized spacial score (nSPS) is 17.6. The topological polar surface area (TPSA) is 86.7 Å². The second-order valence-electron chi connectivity index (χ2n) is 11.0. The lowest BCUT2D eigenvalue weighted by Crippen LogP contribution is -2.47. The number of aromatic nitrogens is 2. The van der Waals surface area contributed by atoms with Gasteiger partial charge in [-0.3, -0.25) is 4.79 Å². The van der Waals surface area contributed by atoms with E-state index in [9.17, 15) is 22.0 Å². The first-order valence-electron chi connectivity index (χ1n) is 14.8. The number of anilines is 2. The van der Waals surface area contributed by atoms with Crippen molar-refractivity contribution < 1.29 is 22.0 Å². The molecule has 2 aliphatic rings. The maximum absolute atomic E-state index is 14.4. The predicted molar refractivity (Wildman–Crippen MR) is 165 cm³/mol. The van der Waals surface area contributed by atoms with Crippen LogP contribution >= 0.6 is 0 Å². The van der Waals surface area contributed by atoms with Gasteiger partial charge in [-0.25, -0.2) is 27.2 Å². The minimum Gasteiger partial charge on any atom is -0.366 e. The van der Waals surface area contributed by atoms with Gasteiger partial charge in [0, 0.05) is 50.4 Å². The van der Waals surface area contributed by atoms with E-state index in [-0.39, 0.29) is 29.5 Å². The molecule has 44 heavy (non-hydrogen) atoms. The molecule has 3 heterocycles. The van der Waals surface area contributed by atoms with E-state index in [1.807, 2.05) is 47.4 Å². The number of nitrogens with zero attached hydrogens (tertiary/aromatic N) is 5. The van der Waals surface area contributed by atoms with E-state index < -0.39 is 21.9 Å².